The van der Waals surface area contributed by atoms with E-state index >= 15 is 0 Å². The summed E-state index contributed by atoms with van der Waals surface area (Å²) < 4.78 is 1.20. The molecule has 1 heterocycles. The fourth-order valence-electron chi connectivity index (χ4n) is 3.75. The van der Waals surface area contributed by atoms with Crippen molar-refractivity contribution < 1.29 is 0 Å². The number of hydrogen-bond donors (Lipinski definition) is 1. The van der Waals surface area contributed by atoms with E-state index in [1.165, 1.54) is 26.9 Å². The fourth-order valence-corrected chi connectivity index (χ4v) is 4.28. The van der Waals surface area contributed by atoms with Crippen LogP contribution < -0.4 is 5.32 Å². The molecule has 1 aliphatic carbocycles. The Labute approximate surface area is 134 Å². The summed E-state index contributed by atoms with van der Waals surface area (Å²) in [6.07, 6.45) is 5.89. The van der Waals surface area contributed by atoms with E-state index in [1.54, 1.807) is 0 Å². The highest BCUT2D eigenvalue weighted by atomic mass is 79.9. The summed E-state index contributed by atoms with van der Waals surface area (Å²) in [6, 6.07) is 15.7. The number of fused-ring (bicyclic) bond motifs is 3. The third kappa shape index (κ3) is 2.13. The van der Waals surface area contributed by atoms with Gasteiger partial charge in [-0.2, -0.15) is 0 Å². The minimum absolute atomic E-state index is 0.371. The van der Waals surface area contributed by atoms with Crippen LogP contribution in [0.1, 0.15) is 35.1 Å². The van der Waals surface area contributed by atoms with Gasteiger partial charge in [0.25, 0.3) is 0 Å². The van der Waals surface area contributed by atoms with Crippen molar-refractivity contribution in [2.45, 2.75) is 25.3 Å². The fraction of sp³-hybridized carbons (Fsp3) is 0.263. The van der Waals surface area contributed by atoms with Crippen molar-refractivity contribution in [3.05, 3.63) is 75.8 Å². The van der Waals surface area contributed by atoms with Crippen molar-refractivity contribution in [2.75, 3.05) is 5.32 Å². The highest BCUT2D eigenvalue weighted by Gasteiger charge is 2.38. The molecule has 0 radical (unpaired) electrons. The van der Waals surface area contributed by atoms with E-state index in [2.05, 4.69) is 82.8 Å². The lowest BCUT2D eigenvalue weighted by molar-refractivity contribution is 0.424. The first-order valence-electron chi connectivity index (χ1n) is 7.52. The number of rotatable bonds is 1. The lowest BCUT2D eigenvalue weighted by atomic mass is 9.77. The number of benzene rings is 2. The van der Waals surface area contributed by atoms with Gasteiger partial charge in [0.1, 0.15) is 0 Å². The van der Waals surface area contributed by atoms with Gasteiger partial charge in [0.2, 0.25) is 0 Å². The molecule has 0 unspecified atom stereocenters. The quantitative estimate of drug-likeness (QED) is 0.668. The minimum atomic E-state index is 0.371. The predicted octanol–water partition coefficient (Wildman–Crippen LogP) is 5.58. The number of halogens is 1. The Morgan fingerprint density at radius 2 is 1.95 bits per heavy atom. The molecular weight excluding hydrogens is 322 g/mol. The van der Waals surface area contributed by atoms with Gasteiger partial charge in [-0.3, -0.25) is 0 Å². The zero-order valence-corrected chi connectivity index (χ0v) is 13.6. The lowest BCUT2D eigenvalue weighted by Gasteiger charge is -2.38. The van der Waals surface area contributed by atoms with E-state index in [-0.39, 0.29) is 0 Å². The van der Waals surface area contributed by atoms with E-state index in [0.29, 0.717) is 17.9 Å². The average Bonchev–Trinajstić information content (AvgIpc) is 2.97. The predicted molar refractivity (Wildman–Crippen MR) is 91.7 cm³/mol. The largest absolute Gasteiger partial charge is 0.378 e. The Morgan fingerprint density at radius 1 is 1.10 bits per heavy atom. The average molecular weight is 340 g/mol. The standard InChI is InChI=1S/C19H18BrN/c1-12-9-10-18-16(11-12)13-6-4-7-14(13)19(21-18)15-5-2-3-8-17(15)20/h2-6,8-11,13-14,19,21H,7H2,1H3/t13-,14+,19+/m1/s1. The molecule has 1 nitrogen and oxygen atoms in total. The number of nitrogens with one attached hydrogen (secondary N) is 1. The second-order valence-electron chi connectivity index (χ2n) is 6.09. The summed E-state index contributed by atoms with van der Waals surface area (Å²) in [5.41, 5.74) is 5.45. The van der Waals surface area contributed by atoms with Crippen LogP contribution in [-0.4, -0.2) is 0 Å². The maximum absolute atomic E-state index is 3.78. The maximum Gasteiger partial charge on any atom is 0.0565 e. The van der Waals surface area contributed by atoms with E-state index in [9.17, 15) is 0 Å². The van der Waals surface area contributed by atoms with Crippen LogP contribution in [0.15, 0.2) is 59.1 Å². The van der Waals surface area contributed by atoms with Gasteiger partial charge in [-0.15, -0.1) is 0 Å². The van der Waals surface area contributed by atoms with Gasteiger partial charge in [-0.25, -0.2) is 0 Å². The van der Waals surface area contributed by atoms with Gasteiger partial charge in [0.15, 0.2) is 0 Å². The maximum atomic E-state index is 3.78. The molecule has 21 heavy (non-hydrogen) atoms. The van der Waals surface area contributed by atoms with Crippen molar-refractivity contribution in [2.24, 2.45) is 5.92 Å². The van der Waals surface area contributed by atoms with Crippen LogP contribution in [0.4, 0.5) is 5.69 Å². The third-order valence-electron chi connectivity index (χ3n) is 4.76. The molecule has 0 bridgehead atoms. The van der Waals surface area contributed by atoms with Crippen LogP contribution in [0.2, 0.25) is 0 Å². The van der Waals surface area contributed by atoms with Crippen LogP contribution >= 0.6 is 15.9 Å². The molecule has 0 saturated heterocycles. The molecule has 0 saturated carbocycles. The van der Waals surface area contributed by atoms with Crippen LogP contribution in [0.3, 0.4) is 0 Å². The molecule has 2 aromatic rings. The summed E-state index contributed by atoms with van der Waals surface area (Å²) in [6.45, 7) is 2.17. The van der Waals surface area contributed by atoms with E-state index < -0.39 is 0 Å². The minimum Gasteiger partial charge on any atom is -0.378 e. The van der Waals surface area contributed by atoms with Crippen LogP contribution in [-0.2, 0) is 0 Å². The Balaban J connectivity index is 1.82. The van der Waals surface area contributed by atoms with Crippen molar-refractivity contribution in [1.29, 1.82) is 0 Å². The van der Waals surface area contributed by atoms with Gasteiger partial charge in [-0.05, 0) is 42.5 Å². The van der Waals surface area contributed by atoms with Gasteiger partial charge in [0, 0.05) is 16.1 Å². The van der Waals surface area contributed by atoms with E-state index in [1.807, 2.05) is 0 Å². The number of anilines is 1. The number of hydrogen-bond acceptors (Lipinski definition) is 1. The van der Waals surface area contributed by atoms with Gasteiger partial charge in [-0.1, -0.05) is 64.0 Å². The van der Waals surface area contributed by atoms with Gasteiger partial charge < -0.3 is 5.32 Å². The molecule has 2 aromatic carbocycles. The molecule has 3 atom stereocenters. The Bertz CT molecular complexity index is 719. The first-order valence-corrected chi connectivity index (χ1v) is 8.31. The zero-order valence-electron chi connectivity index (χ0n) is 12.0. The smallest absolute Gasteiger partial charge is 0.0565 e. The Kier molecular flexibility index (Phi) is 3.15. The van der Waals surface area contributed by atoms with Crippen molar-refractivity contribution in [3.8, 4) is 0 Å². The molecule has 106 valence electrons. The molecule has 0 fully saturated rings. The molecular formula is C19H18BrN. The molecule has 0 aromatic heterocycles. The molecule has 0 spiro atoms. The monoisotopic (exact) mass is 339 g/mol. The van der Waals surface area contributed by atoms with Crippen LogP contribution in [0.5, 0.6) is 0 Å². The zero-order chi connectivity index (χ0) is 14.4. The second kappa shape index (κ2) is 5.03. The highest BCUT2D eigenvalue weighted by Crippen LogP contribution is 2.50. The normalized spacial score (nSPS) is 26.1. The Hall–Kier alpha value is -1.54. The first-order chi connectivity index (χ1) is 10.2. The third-order valence-corrected chi connectivity index (χ3v) is 5.48. The first kappa shape index (κ1) is 13.1. The molecule has 0 amide bonds. The molecule has 1 aliphatic heterocycles. The molecule has 2 aliphatic rings. The topological polar surface area (TPSA) is 12.0 Å². The summed E-state index contributed by atoms with van der Waals surface area (Å²) in [4.78, 5) is 0. The van der Waals surface area contributed by atoms with Crippen LogP contribution in [0, 0.1) is 12.8 Å². The van der Waals surface area contributed by atoms with E-state index in [4.69, 9.17) is 0 Å². The highest BCUT2D eigenvalue weighted by molar-refractivity contribution is 9.10. The van der Waals surface area contributed by atoms with Crippen molar-refractivity contribution in [1.82, 2.24) is 0 Å². The van der Waals surface area contributed by atoms with Gasteiger partial charge >= 0.3 is 0 Å². The summed E-state index contributed by atoms with van der Waals surface area (Å²) in [5.74, 6) is 1.15. The Morgan fingerprint density at radius 3 is 2.81 bits per heavy atom. The summed E-state index contributed by atoms with van der Waals surface area (Å²) in [7, 11) is 0. The van der Waals surface area contributed by atoms with Crippen molar-refractivity contribution >= 4 is 21.6 Å². The summed E-state index contributed by atoms with van der Waals surface area (Å²) in [5, 5.41) is 3.78. The van der Waals surface area contributed by atoms with Crippen LogP contribution in [0.25, 0.3) is 0 Å². The number of allylic oxidation sites excluding steroid dienone is 2. The lowest BCUT2D eigenvalue weighted by Crippen LogP contribution is -2.29. The molecule has 4 rings (SSSR count). The molecule has 1 N–H and O–H groups in total. The summed E-state index contributed by atoms with van der Waals surface area (Å²) >= 11 is 3.72. The molecule has 2 heteroatoms. The van der Waals surface area contributed by atoms with E-state index in [0.717, 1.165) is 6.42 Å². The SMILES string of the molecule is Cc1ccc2c(c1)[C@@H]1C=CC[C@@H]1[C@@H](c1ccccc1Br)N2. The number of aryl methyl sites for hydroxylation is 1. The second-order valence-corrected chi connectivity index (χ2v) is 6.94. The van der Waals surface area contributed by atoms with Gasteiger partial charge in [0.05, 0.1) is 6.04 Å². The van der Waals surface area contributed by atoms with Crippen molar-refractivity contribution in [3.63, 3.8) is 0 Å².